The van der Waals surface area contributed by atoms with Crippen molar-refractivity contribution in [3.8, 4) is 0 Å². The summed E-state index contributed by atoms with van der Waals surface area (Å²) in [6.07, 6.45) is 1.62. The molecule has 2 N–H and O–H groups in total. The summed E-state index contributed by atoms with van der Waals surface area (Å²) in [6, 6.07) is 6.02. The van der Waals surface area contributed by atoms with E-state index in [0.29, 0.717) is 6.42 Å². The molecule has 0 saturated heterocycles. The van der Waals surface area contributed by atoms with E-state index in [1.54, 1.807) is 0 Å². The minimum Gasteiger partial charge on any atom is -0.481 e. The Balaban J connectivity index is 2.13. The van der Waals surface area contributed by atoms with Crippen molar-refractivity contribution in [2.75, 3.05) is 5.32 Å². The predicted molar refractivity (Wildman–Crippen MR) is 58.9 cm³/mol. The number of hydrogen-bond donors (Lipinski definition) is 2. The van der Waals surface area contributed by atoms with E-state index in [0.717, 1.165) is 23.4 Å². The van der Waals surface area contributed by atoms with Crippen molar-refractivity contribution in [1.82, 2.24) is 0 Å². The number of allylic oxidation sites excluding steroid dienone is 1. The first-order valence-electron chi connectivity index (χ1n) is 4.93. The van der Waals surface area contributed by atoms with Gasteiger partial charge in [-0.15, -0.1) is 0 Å². The lowest BCUT2D eigenvalue weighted by atomic mass is 10.0. The minimum atomic E-state index is -0.752. The third-order valence-corrected chi connectivity index (χ3v) is 2.51. The van der Waals surface area contributed by atoms with Gasteiger partial charge < -0.3 is 10.4 Å². The molecule has 0 amide bonds. The second-order valence-electron chi connectivity index (χ2n) is 3.79. The monoisotopic (exact) mass is 203 g/mol. The molecule has 15 heavy (non-hydrogen) atoms. The van der Waals surface area contributed by atoms with Crippen molar-refractivity contribution in [2.45, 2.75) is 19.3 Å². The Morgan fingerprint density at radius 1 is 1.53 bits per heavy atom. The van der Waals surface area contributed by atoms with Gasteiger partial charge in [0.15, 0.2) is 0 Å². The second-order valence-corrected chi connectivity index (χ2v) is 3.79. The van der Waals surface area contributed by atoms with Crippen LogP contribution in [0.3, 0.4) is 0 Å². The number of carboxylic acid groups (broad SMARTS) is 1. The first kappa shape index (κ1) is 9.77. The van der Waals surface area contributed by atoms with Gasteiger partial charge in [0, 0.05) is 24.2 Å². The van der Waals surface area contributed by atoms with Gasteiger partial charge in [-0.25, -0.2) is 0 Å². The van der Waals surface area contributed by atoms with Crippen LogP contribution >= 0.6 is 0 Å². The Hall–Kier alpha value is -1.77. The predicted octanol–water partition coefficient (Wildman–Crippen LogP) is 2.19. The van der Waals surface area contributed by atoms with Gasteiger partial charge in [-0.2, -0.15) is 0 Å². The molecule has 3 nitrogen and oxygen atoms in total. The SMILES string of the molecule is C=C1Cc2cc(CCC(=O)O)ccc2N1. The smallest absolute Gasteiger partial charge is 0.303 e. The number of carboxylic acids is 1. The molecule has 1 aliphatic heterocycles. The number of anilines is 1. The molecular weight excluding hydrogens is 190 g/mol. The van der Waals surface area contributed by atoms with E-state index < -0.39 is 5.97 Å². The van der Waals surface area contributed by atoms with Crippen molar-refractivity contribution < 1.29 is 9.90 Å². The van der Waals surface area contributed by atoms with Crippen LogP contribution in [0.25, 0.3) is 0 Å². The number of aliphatic carboxylic acids is 1. The first-order valence-corrected chi connectivity index (χ1v) is 4.93. The van der Waals surface area contributed by atoms with Gasteiger partial charge in [0.25, 0.3) is 0 Å². The van der Waals surface area contributed by atoms with Crippen LogP contribution in [0.1, 0.15) is 17.5 Å². The van der Waals surface area contributed by atoms with Gasteiger partial charge in [0.2, 0.25) is 0 Å². The van der Waals surface area contributed by atoms with Crippen molar-refractivity contribution >= 4 is 11.7 Å². The number of rotatable bonds is 3. The van der Waals surface area contributed by atoms with E-state index in [1.807, 2.05) is 12.1 Å². The highest BCUT2D eigenvalue weighted by Gasteiger charge is 2.13. The summed E-state index contributed by atoms with van der Waals surface area (Å²) < 4.78 is 0. The van der Waals surface area contributed by atoms with E-state index in [9.17, 15) is 4.79 Å². The topological polar surface area (TPSA) is 49.3 Å². The third-order valence-electron chi connectivity index (χ3n) is 2.51. The number of hydrogen-bond acceptors (Lipinski definition) is 2. The molecule has 1 heterocycles. The Labute approximate surface area is 88.4 Å². The quantitative estimate of drug-likeness (QED) is 0.791. The van der Waals surface area contributed by atoms with Gasteiger partial charge >= 0.3 is 5.97 Å². The van der Waals surface area contributed by atoms with E-state index in [-0.39, 0.29) is 6.42 Å². The van der Waals surface area contributed by atoms with Crippen molar-refractivity contribution in [2.24, 2.45) is 0 Å². The molecule has 0 unspecified atom stereocenters. The van der Waals surface area contributed by atoms with Crippen LogP contribution in [0.5, 0.6) is 0 Å². The van der Waals surface area contributed by atoms with Crippen LogP contribution in [-0.4, -0.2) is 11.1 Å². The van der Waals surface area contributed by atoms with E-state index >= 15 is 0 Å². The maximum Gasteiger partial charge on any atom is 0.303 e. The van der Waals surface area contributed by atoms with Gasteiger partial charge in [0.1, 0.15) is 0 Å². The zero-order valence-corrected chi connectivity index (χ0v) is 8.42. The summed E-state index contributed by atoms with van der Waals surface area (Å²) in [5.41, 5.74) is 4.38. The number of carbonyl (C=O) groups is 1. The van der Waals surface area contributed by atoms with Gasteiger partial charge in [-0.3, -0.25) is 4.79 Å². The summed E-state index contributed by atoms with van der Waals surface area (Å²) in [5, 5.41) is 11.8. The van der Waals surface area contributed by atoms with Crippen LogP contribution in [-0.2, 0) is 17.6 Å². The van der Waals surface area contributed by atoms with Crippen LogP contribution in [0.2, 0.25) is 0 Å². The molecule has 0 bridgehead atoms. The molecule has 1 aromatic carbocycles. The zero-order valence-electron chi connectivity index (χ0n) is 8.42. The Kier molecular flexibility index (Phi) is 2.46. The number of aryl methyl sites for hydroxylation is 1. The molecule has 0 saturated carbocycles. The zero-order chi connectivity index (χ0) is 10.8. The van der Waals surface area contributed by atoms with Gasteiger partial charge in [0.05, 0.1) is 0 Å². The molecule has 1 aliphatic rings. The Morgan fingerprint density at radius 2 is 2.33 bits per heavy atom. The largest absolute Gasteiger partial charge is 0.481 e. The molecule has 0 radical (unpaired) electrons. The maximum absolute atomic E-state index is 10.4. The molecule has 3 heteroatoms. The fraction of sp³-hybridized carbons (Fsp3) is 0.250. The van der Waals surface area contributed by atoms with Crippen molar-refractivity contribution in [3.05, 3.63) is 41.6 Å². The number of fused-ring (bicyclic) bond motifs is 1. The van der Waals surface area contributed by atoms with Crippen LogP contribution in [0.4, 0.5) is 5.69 Å². The summed E-state index contributed by atoms with van der Waals surface area (Å²) >= 11 is 0. The van der Waals surface area contributed by atoms with Crippen LogP contribution in [0.15, 0.2) is 30.5 Å². The normalized spacial score (nSPS) is 13.5. The van der Waals surface area contributed by atoms with Crippen molar-refractivity contribution in [3.63, 3.8) is 0 Å². The highest BCUT2D eigenvalue weighted by Crippen LogP contribution is 2.28. The number of benzene rings is 1. The molecule has 0 fully saturated rings. The maximum atomic E-state index is 10.4. The molecule has 2 rings (SSSR count). The lowest BCUT2D eigenvalue weighted by Crippen LogP contribution is -1.97. The summed E-state index contributed by atoms with van der Waals surface area (Å²) in [4.78, 5) is 10.4. The van der Waals surface area contributed by atoms with E-state index in [2.05, 4.69) is 18.0 Å². The third kappa shape index (κ3) is 2.18. The molecular formula is C12H13NO2. The van der Waals surface area contributed by atoms with Crippen LogP contribution < -0.4 is 5.32 Å². The molecule has 0 spiro atoms. The minimum absolute atomic E-state index is 0.188. The Bertz CT molecular complexity index is 424. The van der Waals surface area contributed by atoms with Crippen molar-refractivity contribution in [1.29, 1.82) is 0 Å². The number of nitrogens with one attached hydrogen (secondary N) is 1. The second kappa shape index (κ2) is 3.77. The summed E-state index contributed by atoms with van der Waals surface area (Å²) in [6.45, 7) is 3.87. The molecule has 1 aromatic rings. The van der Waals surface area contributed by atoms with Gasteiger partial charge in [-0.1, -0.05) is 18.7 Å². The lowest BCUT2D eigenvalue weighted by Gasteiger charge is -2.02. The molecule has 0 aliphatic carbocycles. The average Bonchev–Trinajstić information content (AvgIpc) is 2.53. The lowest BCUT2D eigenvalue weighted by molar-refractivity contribution is -0.136. The Morgan fingerprint density at radius 3 is 3.07 bits per heavy atom. The average molecular weight is 203 g/mol. The molecule has 78 valence electrons. The first-order chi connectivity index (χ1) is 7.15. The summed E-state index contributed by atoms with van der Waals surface area (Å²) in [7, 11) is 0. The fourth-order valence-corrected chi connectivity index (χ4v) is 1.79. The highest BCUT2D eigenvalue weighted by molar-refractivity contribution is 5.67. The highest BCUT2D eigenvalue weighted by atomic mass is 16.4. The standard InChI is InChI=1S/C12H13NO2/c1-8-6-10-7-9(3-5-12(14)15)2-4-11(10)13-8/h2,4,7,13H,1,3,5-6H2,(H,14,15). The summed E-state index contributed by atoms with van der Waals surface area (Å²) in [5.74, 6) is -0.752. The molecule has 0 atom stereocenters. The van der Waals surface area contributed by atoms with Gasteiger partial charge in [-0.05, 0) is 23.6 Å². The van der Waals surface area contributed by atoms with E-state index in [1.165, 1.54) is 5.56 Å². The van der Waals surface area contributed by atoms with Crippen LogP contribution in [0, 0.1) is 0 Å². The van der Waals surface area contributed by atoms with E-state index in [4.69, 9.17) is 5.11 Å². The fourth-order valence-electron chi connectivity index (χ4n) is 1.79. The molecule has 0 aromatic heterocycles.